The van der Waals surface area contributed by atoms with Crippen molar-refractivity contribution in [3.8, 4) is 0 Å². The zero-order chi connectivity index (χ0) is 7.84. The molecule has 1 aliphatic heterocycles. The molecule has 2 rings (SSSR count). The molecule has 1 aromatic rings. The highest BCUT2D eigenvalue weighted by molar-refractivity contribution is 5.27. The molecule has 1 aliphatic rings. The third kappa shape index (κ3) is 0.959. The standard InChI is InChI=1S/C8H13N3/c1-6-7-3-4-9-5-8(7)11(2)10-6/h9H,3-5H2,1-2H3. The average Bonchev–Trinajstić information content (AvgIpc) is 2.30. The molecule has 0 bridgehead atoms. The van der Waals surface area contributed by atoms with E-state index >= 15 is 0 Å². The van der Waals surface area contributed by atoms with Crippen molar-refractivity contribution < 1.29 is 0 Å². The Morgan fingerprint density at radius 3 is 3.09 bits per heavy atom. The zero-order valence-electron chi connectivity index (χ0n) is 7.02. The molecule has 0 unspecified atom stereocenters. The van der Waals surface area contributed by atoms with Gasteiger partial charge in [-0.2, -0.15) is 5.10 Å². The number of fused-ring (bicyclic) bond motifs is 1. The number of aromatic nitrogens is 2. The quantitative estimate of drug-likeness (QED) is 0.580. The highest BCUT2D eigenvalue weighted by Gasteiger charge is 2.15. The Bertz CT molecular complexity index is 249. The molecule has 0 amide bonds. The van der Waals surface area contributed by atoms with E-state index < -0.39 is 0 Å². The first-order chi connectivity index (χ1) is 5.29. The molecule has 60 valence electrons. The minimum atomic E-state index is 0.979. The summed E-state index contributed by atoms with van der Waals surface area (Å²) in [4.78, 5) is 0. The van der Waals surface area contributed by atoms with E-state index in [-0.39, 0.29) is 0 Å². The molecule has 2 heterocycles. The summed E-state index contributed by atoms with van der Waals surface area (Å²) >= 11 is 0. The van der Waals surface area contributed by atoms with Gasteiger partial charge in [0.05, 0.1) is 11.4 Å². The van der Waals surface area contributed by atoms with Crippen molar-refractivity contribution in [1.29, 1.82) is 0 Å². The molecule has 1 aromatic heterocycles. The second kappa shape index (κ2) is 2.34. The molecule has 3 nitrogen and oxygen atoms in total. The lowest BCUT2D eigenvalue weighted by molar-refractivity contribution is 0.593. The Morgan fingerprint density at radius 2 is 2.36 bits per heavy atom. The number of hydrogen-bond acceptors (Lipinski definition) is 2. The molecule has 0 fully saturated rings. The van der Waals surface area contributed by atoms with Gasteiger partial charge in [-0.25, -0.2) is 0 Å². The minimum Gasteiger partial charge on any atom is -0.311 e. The Hall–Kier alpha value is -0.830. The van der Waals surface area contributed by atoms with Crippen LogP contribution in [0.2, 0.25) is 0 Å². The fraction of sp³-hybridized carbons (Fsp3) is 0.625. The second-order valence-corrected chi connectivity index (χ2v) is 3.06. The van der Waals surface area contributed by atoms with E-state index in [2.05, 4.69) is 17.3 Å². The summed E-state index contributed by atoms with van der Waals surface area (Å²) in [6, 6.07) is 0. The summed E-state index contributed by atoms with van der Waals surface area (Å²) in [5.74, 6) is 0. The lowest BCUT2D eigenvalue weighted by atomic mass is 10.1. The third-order valence-electron chi connectivity index (χ3n) is 2.32. The van der Waals surface area contributed by atoms with E-state index in [4.69, 9.17) is 0 Å². The van der Waals surface area contributed by atoms with Crippen molar-refractivity contribution >= 4 is 0 Å². The van der Waals surface area contributed by atoms with Gasteiger partial charge in [-0.3, -0.25) is 4.68 Å². The van der Waals surface area contributed by atoms with Gasteiger partial charge in [0.1, 0.15) is 0 Å². The molecule has 0 aromatic carbocycles. The molecule has 0 saturated heterocycles. The topological polar surface area (TPSA) is 29.9 Å². The van der Waals surface area contributed by atoms with Crippen LogP contribution in [-0.4, -0.2) is 16.3 Å². The summed E-state index contributed by atoms with van der Waals surface area (Å²) in [6.07, 6.45) is 1.13. The fourth-order valence-corrected chi connectivity index (χ4v) is 1.72. The van der Waals surface area contributed by atoms with Crippen LogP contribution in [0.25, 0.3) is 0 Å². The lowest BCUT2D eigenvalue weighted by Gasteiger charge is -2.13. The van der Waals surface area contributed by atoms with Crippen LogP contribution in [0.4, 0.5) is 0 Å². The zero-order valence-corrected chi connectivity index (χ0v) is 7.02. The molecule has 0 aliphatic carbocycles. The highest BCUT2D eigenvalue weighted by atomic mass is 15.3. The van der Waals surface area contributed by atoms with Gasteiger partial charge in [0, 0.05) is 13.6 Å². The van der Waals surface area contributed by atoms with E-state index in [1.807, 2.05) is 11.7 Å². The molecule has 0 atom stereocenters. The molecule has 11 heavy (non-hydrogen) atoms. The smallest absolute Gasteiger partial charge is 0.0629 e. The molecule has 0 radical (unpaired) electrons. The van der Waals surface area contributed by atoms with Crippen LogP contribution in [0.1, 0.15) is 17.0 Å². The maximum Gasteiger partial charge on any atom is 0.0629 e. The average molecular weight is 151 g/mol. The molecule has 3 heteroatoms. The summed E-state index contributed by atoms with van der Waals surface area (Å²) in [7, 11) is 2.01. The first-order valence-electron chi connectivity index (χ1n) is 4.01. The number of nitrogens with one attached hydrogen (secondary N) is 1. The van der Waals surface area contributed by atoms with E-state index in [1.54, 1.807) is 0 Å². The first kappa shape index (κ1) is 6.85. The lowest BCUT2D eigenvalue weighted by Crippen LogP contribution is -2.24. The normalized spacial score (nSPS) is 16.5. The van der Waals surface area contributed by atoms with Crippen LogP contribution in [-0.2, 0) is 20.0 Å². The number of nitrogens with zero attached hydrogens (tertiary/aromatic N) is 2. The number of rotatable bonds is 0. The molecule has 0 saturated carbocycles. The summed E-state index contributed by atoms with van der Waals surface area (Å²) < 4.78 is 1.98. The van der Waals surface area contributed by atoms with E-state index in [9.17, 15) is 0 Å². The van der Waals surface area contributed by atoms with Gasteiger partial charge in [-0.05, 0) is 25.5 Å². The van der Waals surface area contributed by atoms with Gasteiger partial charge in [-0.15, -0.1) is 0 Å². The Kier molecular flexibility index (Phi) is 1.46. The predicted molar refractivity (Wildman–Crippen MR) is 43.4 cm³/mol. The van der Waals surface area contributed by atoms with Crippen molar-refractivity contribution in [2.45, 2.75) is 19.9 Å². The van der Waals surface area contributed by atoms with Crippen molar-refractivity contribution in [2.24, 2.45) is 7.05 Å². The van der Waals surface area contributed by atoms with Crippen LogP contribution >= 0.6 is 0 Å². The SMILES string of the molecule is Cc1nn(C)c2c1CCNC2. The van der Waals surface area contributed by atoms with E-state index in [0.29, 0.717) is 0 Å². The summed E-state index contributed by atoms with van der Waals surface area (Å²) in [5.41, 5.74) is 4.00. The Balaban J connectivity index is 2.52. The number of hydrogen-bond donors (Lipinski definition) is 1. The number of aryl methyl sites for hydroxylation is 2. The van der Waals surface area contributed by atoms with E-state index in [1.165, 1.54) is 17.0 Å². The van der Waals surface area contributed by atoms with Crippen LogP contribution < -0.4 is 5.32 Å². The van der Waals surface area contributed by atoms with Gasteiger partial charge in [0.2, 0.25) is 0 Å². The third-order valence-corrected chi connectivity index (χ3v) is 2.32. The van der Waals surface area contributed by atoms with Crippen LogP contribution in [0.5, 0.6) is 0 Å². The summed E-state index contributed by atoms with van der Waals surface area (Å²) in [5, 5.41) is 7.70. The van der Waals surface area contributed by atoms with Crippen molar-refractivity contribution in [3.05, 3.63) is 17.0 Å². The van der Waals surface area contributed by atoms with Crippen molar-refractivity contribution in [1.82, 2.24) is 15.1 Å². The van der Waals surface area contributed by atoms with Gasteiger partial charge in [0.25, 0.3) is 0 Å². The second-order valence-electron chi connectivity index (χ2n) is 3.06. The van der Waals surface area contributed by atoms with E-state index in [0.717, 1.165) is 19.5 Å². The minimum absolute atomic E-state index is 0.979. The van der Waals surface area contributed by atoms with Gasteiger partial charge in [0.15, 0.2) is 0 Å². The Morgan fingerprint density at radius 1 is 1.55 bits per heavy atom. The monoisotopic (exact) mass is 151 g/mol. The van der Waals surface area contributed by atoms with Crippen LogP contribution in [0, 0.1) is 6.92 Å². The largest absolute Gasteiger partial charge is 0.311 e. The summed E-state index contributed by atoms with van der Waals surface area (Å²) in [6.45, 7) is 4.16. The van der Waals surface area contributed by atoms with Crippen molar-refractivity contribution in [2.75, 3.05) is 6.54 Å². The van der Waals surface area contributed by atoms with Gasteiger partial charge in [-0.1, -0.05) is 0 Å². The maximum atomic E-state index is 4.37. The van der Waals surface area contributed by atoms with Crippen LogP contribution in [0.3, 0.4) is 0 Å². The first-order valence-corrected chi connectivity index (χ1v) is 4.01. The molecular formula is C8H13N3. The molecule has 1 N–H and O–H groups in total. The molecule has 0 spiro atoms. The maximum absolute atomic E-state index is 4.37. The van der Waals surface area contributed by atoms with Crippen molar-refractivity contribution in [3.63, 3.8) is 0 Å². The predicted octanol–water partition coefficient (Wildman–Crippen LogP) is 0.374. The van der Waals surface area contributed by atoms with Crippen LogP contribution in [0.15, 0.2) is 0 Å². The van der Waals surface area contributed by atoms with Gasteiger partial charge >= 0.3 is 0 Å². The fourth-order valence-electron chi connectivity index (χ4n) is 1.72. The van der Waals surface area contributed by atoms with Gasteiger partial charge < -0.3 is 5.32 Å². The Labute approximate surface area is 66.4 Å². The highest BCUT2D eigenvalue weighted by Crippen LogP contribution is 2.15. The molecular weight excluding hydrogens is 138 g/mol.